The highest BCUT2D eigenvalue weighted by Crippen LogP contribution is 2.46. The van der Waals surface area contributed by atoms with E-state index in [1.54, 1.807) is 7.11 Å². The fourth-order valence-electron chi connectivity index (χ4n) is 3.72. The predicted octanol–water partition coefficient (Wildman–Crippen LogP) is 3.03. The lowest BCUT2D eigenvalue weighted by Crippen LogP contribution is -2.52. The topological polar surface area (TPSA) is 38.8 Å². The first-order chi connectivity index (χ1) is 11.2. The van der Waals surface area contributed by atoms with E-state index >= 15 is 0 Å². The maximum absolute atomic E-state index is 13.2. The molecular formula is C19H19NO3. The van der Waals surface area contributed by atoms with E-state index in [9.17, 15) is 4.79 Å². The zero-order chi connectivity index (χ0) is 16.0. The summed E-state index contributed by atoms with van der Waals surface area (Å²) in [6, 6.07) is 13.9. The van der Waals surface area contributed by atoms with E-state index in [-0.39, 0.29) is 5.91 Å². The average molecular weight is 309 g/mol. The molecule has 4 rings (SSSR count). The lowest BCUT2D eigenvalue weighted by Gasteiger charge is -2.40. The van der Waals surface area contributed by atoms with E-state index in [2.05, 4.69) is 6.07 Å². The quantitative estimate of drug-likeness (QED) is 0.856. The summed E-state index contributed by atoms with van der Waals surface area (Å²) < 4.78 is 11.4. The molecule has 1 spiro atoms. The minimum atomic E-state index is -0.897. The van der Waals surface area contributed by atoms with Gasteiger partial charge in [0, 0.05) is 18.7 Å². The molecule has 0 saturated heterocycles. The molecule has 0 aromatic heterocycles. The monoisotopic (exact) mass is 309 g/mol. The van der Waals surface area contributed by atoms with Crippen molar-refractivity contribution in [2.24, 2.45) is 0 Å². The van der Waals surface area contributed by atoms with Gasteiger partial charge in [0.25, 0.3) is 5.91 Å². The number of ether oxygens (including phenoxy) is 2. The van der Waals surface area contributed by atoms with Gasteiger partial charge in [-0.05, 0) is 41.8 Å². The molecular weight excluding hydrogens is 290 g/mol. The molecule has 0 aliphatic carbocycles. The van der Waals surface area contributed by atoms with Crippen molar-refractivity contribution in [3.8, 4) is 5.75 Å². The van der Waals surface area contributed by atoms with Crippen LogP contribution in [0.3, 0.4) is 0 Å². The maximum atomic E-state index is 13.2. The van der Waals surface area contributed by atoms with Crippen molar-refractivity contribution < 1.29 is 14.3 Å². The number of benzene rings is 2. The number of nitrogens with zero attached hydrogens (tertiary/aromatic N) is 1. The summed E-state index contributed by atoms with van der Waals surface area (Å²) in [5.41, 5.74) is 3.25. The average Bonchev–Trinajstić information content (AvgIpc) is 2.95. The van der Waals surface area contributed by atoms with Crippen molar-refractivity contribution in [2.75, 3.05) is 18.6 Å². The smallest absolute Gasteiger partial charge is 0.264 e. The molecule has 0 saturated carbocycles. The number of carbonyl (C=O) groups excluding carboxylic acids is 1. The molecule has 2 aliphatic rings. The molecule has 0 bridgehead atoms. The summed E-state index contributed by atoms with van der Waals surface area (Å²) in [6.07, 6.45) is 0.581. The van der Waals surface area contributed by atoms with Crippen molar-refractivity contribution in [1.82, 2.24) is 0 Å². The van der Waals surface area contributed by atoms with Gasteiger partial charge in [-0.2, -0.15) is 0 Å². The molecule has 23 heavy (non-hydrogen) atoms. The standard InChI is InChI=1S/C19H19NO3/c1-3-20-17-7-5-4-6-13(17)11-19(18(20)21)16-9-8-15(22-2)10-14(16)12-23-19/h4-10H,3,11-12H2,1-2H3. The molecule has 1 atom stereocenters. The zero-order valence-electron chi connectivity index (χ0n) is 13.3. The molecule has 4 nitrogen and oxygen atoms in total. The number of likely N-dealkylation sites (N-methyl/N-ethyl adjacent to an activating group) is 1. The highest BCUT2D eigenvalue weighted by atomic mass is 16.5. The highest BCUT2D eigenvalue weighted by Gasteiger charge is 2.52. The fourth-order valence-corrected chi connectivity index (χ4v) is 3.72. The van der Waals surface area contributed by atoms with Crippen LogP contribution in [0, 0.1) is 0 Å². The molecule has 2 aliphatic heterocycles. The number of carbonyl (C=O) groups is 1. The van der Waals surface area contributed by atoms with E-state index < -0.39 is 5.60 Å². The first kappa shape index (κ1) is 14.3. The molecule has 0 radical (unpaired) electrons. The van der Waals surface area contributed by atoms with Gasteiger partial charge in [0.15, 0.2) is 5.60 Å². The predicted molar refractivity (Wildman–Crippen MR) is 87.6 cm³/mol. The van der Waals surface area contributed by atoms with E-state index in [0.717, 1.165) is 28.1 Å². The van der Waals surface area contributed by atoms with Gasteiger partial charge in [0.1, 0.15) is 5.75 Å². The Bertz CT molecular complexity index is 786. The van der Waals surface area contributed by atoms with Crippen molar-refractivity contribution in [3.05, 3.63) is 59.2 Å². The number of anilines is 1. The summed E-state index contributed by atoms with van der Waals surface area (Å²) in [7, 11) is 1.65. The number of amides is 1. The SMILES string of the molecule is CCN1C(=O)C2(Cc3ccccc31)OCc1cc(OC)ccc12. The third-order valence-corrected chi connectivity index (χ3v) is 4.85. The molecule has 4 heteroatoms. The van der Waals surface area contributed by atoms with Crippen molar-refractivity contribution in [1.29, 1.82) is 0 Å². The first-order valence-corrected chi connectivity index (χ1v) is 7.91. The number of hydrogen-bond donors (Lipinski definition) is 0. The van der Waals surface area contributed by atoms with Crippen LogP contribution in [0.2, 0.25) is 0 Å². The second-order valence-corrected chi connectivity index (χ2v) is 5.99. The van der Waals surface area contributed by atoms with Crippen LogP contribution >= 0.6 is 0 Å². The number of fused-ring (bicyclic) bond motifs is 3. The van der Waals surface area contributed by atoms with Crippen molar-refractivity contribution >= 4 is 11.6 Å². The summed E-state index contributed by atoms with van der Waals surface area (Å²) in [4.78, 5) is 15.1. The van der Waals surface area contributed by atoms with E-state index in [1.165, 1.54) is 0 Å². The second-order valence-electron chi connectivity index (χ2n) is 5.99. The third-order valence-electron chi connectivity index (χ3n) is 4.85. The highest BCUT2D eigenvalue weighted by molar-refractivity contribution is 6.03. The summed E-state index contributed by atoms with van der Waals surface area (Å²) in [5, 5.41) is 0. The molecule has 2 heterocycles. The lowest BCUT2D eigenvalue weighted by molar-refractivity contribution is -0.145. The molecule has 2 aromatic rings. The second kappa shape index (κ2) is 5.10. The van der Waals surface area contributed by atoms with Gasteiger partial charge in [-0.1, -0.05) is 24.3 Å². The zero-order valence-corrected chi connectivity index (χ0v) is 13.3. The summed E-state index contributed by atoms with van der Waals surface area (Å²) in [6.45, 7) is 3.07. The third kappa shape index (κ3) is 1.91. The van der Waals surface area contributed by atoms with Gasteiger partial charge < -0.3 is 14.4 Å². The van der Waals surface area contributed by atoms with Crippen molar-refractivity contribution in [2.45, 2.75) is 25.6 Å². The van der Waals surface area contributed by atoms with E-state index in [0.29, 0.717) is 19.6 Å². The van der Waals surface area contributed by atoms with E-state index in [4.69, 9.17) is 9.47 Å². The Morgan fingerprint density at radius 3 is 2.83 bits per heavy atom. The van der Waals surface area contributed by atoms with Gasteiger partial charge >= 0.3 is 0 Å². The Balaban J connectivity index is 1.87. The fraction of sp³-hybridized carbons (Fsp3) is 0.316. The Labute approximate surface area is 135 Å². The van der Waals surface area contributed by atoms with Crippen LogP contribution in [-0.2, 0) is 28.2 Å². The first-order valence-electron chi connectivity index (χ1n) is 7.91. The molecule has 0 fully saturated rings. The number of rotatable bonds is 2. The molecule has 118 valence electrons. The Morgan fingerprint density at radius 2 is 2.04 bits per heavy atom. The Morgan fingerprint density at radius 1 is 1.22 bits per heavy atom. The van der Waals surface area contributed by atoms with Crippen LogP contribution in [0.25, 0.3) is 0 Å². The van der Waals surface area contributed by atoms with Crippen LogP contribution in [0.5, 0.6) is 5.75 Å². The van der Waals surface area contributed by atoms with Crippen LogP contribution in [0.4, 0.5) is 5.69 Å². The molecule has 0 N–H and O–H groups in total. The largest absolute Gasteiger partial charge is 0.497 e. The van der Waals surface area contributed by atoms with Crippen molar-refractivity contribution in [3.63, 3.8) is 0 Å². The summed E-state index contributed by atoms with van der Waals surface area (Å²) in [5.74, 6) is 0.822. The molecule has 1 amide bonds. The minimum absolute atomic E-state index is 0.0302. The minimum Gasteiger partial charge on any atom is -0.497 e. The van der Waals surface area contributed by atoms with E-state index in [1.807, 2.05) is 48.2 Å². The lowest BCUT2D eigenvalue weighted by atomic mass is 9.81. The van der Waals surface area contributed by atoms with Crippen LogP contribution < -0.4 is 9.64 Å². The van der Waals surface area contributed by atoms with Crippen LogP contribution in [0.1, 0.15) is 23.6 Å². The molecule has 1 unspecified atom stereocenters. The Kier molecular flexibility index (Phi) is 3.16. The molecule has 2 aromatic carbocycles. The van der Waals surface area contributed by atoms with Gasteiger partial charge in [-0.15, -0.1) is 0 Å². The summed E-state index contributed by atoms with van der Waals surface area (Å²) >= 11 is 0. The normalized spacial score (nSPS) is 22.2. The number of para-hydroxylation sites is 1. The van der Waals surface area contributed by atoms with Gasteiger partial charge in [-0.3, -0.25) is 4.79 Å². The van der Waals surface area contributed by atoms with Gasteiger partial charge in [0.2, 0.25) is 0 Å². The van der Waals surface area contributed by atoms with Gasteiger partial charge in [0.05, 0.1) is 13.7 Å². The number of methoxy groups -OCH3 is 1. The van der Waals surface area contributed by atoms with Crippen LogP contribution in [0.15, 0.2) is 42.5 Å². The number of hydrogen-bond acceptors (Lipinski definition) is 3. The van der Waals surface area contributed by atoms with Crippen LogP contribution in [-0.4, -0.2) is 19.6 Å². The Hall–Kier alpha value is -2.33. The van der Waals surface area contributed by atoms with Gasteiger partial charge in [-0.25, -0.2) is 0 Å². The maximum Gasteiger partial charge on any atom is 0.264 e.